The lowest BCUT2D eigenvalue weighted by atomic mass is 9.30. The van der Waals surface area contributed by atoms with Crippen LogP contribution in [0.25, 0.3) is 0 Å². The molecule has 5 rings (SSSR count). The van der Waals surface area contributed by atoms with Gasteiger partial charge in [0.25, 0.3) is 0 Å². The third kappa shape index (κ3) is 1.56. The van der Waals surface area contributed by atoms with E-state index >= 15 is 0 Å². The molecule has 0 aromatic heterocycles. The first-order valence-electron chi connectivity index (χ1n) is 8.08. The Kier molecular flexibility index (Phi) is 2.56. The minimum Gasteiger partial charge on any atom is -0.289 e. The van der Waals surface area contributed by atoms with Gasteiger partial charge in [0.05, 0.1) is 0 Å². The molecule has 2 aliphatic heterocycles. The summed E-state index contributed by atoms with van der Waals surface area (Å²) in [7, 11) is 0. The smallest absolute Gasteiger partial charge is 0.245 e. The monoisotopic (exact) mass is 308 g/mol. The average molecular weight is 308 g/mol. The number of fused-ring (bicyclic) bond motifs is 4. The second-order valence-electron chi connectivity index (χ2n) is 6.54. The van der Waals surface area contributed by atoms with Gasteiger partial charge in [-0.25, -0.2) is 0 Å². The van der Waals surface area contributed by atoms with Crippen LogP contribution in [0, 0.1) is 6.92 Å². The highest BCUT2D eigenvalue weighted by Crippen LogP contribution is 2.23. The van der Waals surface area contributed by atoms with Gasteiger partial charge in [0.2, 0.25) is 6.71 Å². The van der Waals surface area contributed by atoms with Gasteiger partial charge in [0.1, 0.15) is 0 Å². The zero-order valence-electron chi connectivity index (χ0n) is 13.2. The van der Waals surface area contributed by atoms with Gasteiger partial charge in [-0.15, -0.1) is 0 Å². The normalized spacial score (nSPS) is 14.1. The molecule has 0 aliphatic carbocycles. The number of rotatable bonds is 0. The van der Waals surface area contributed by atoms with Crippen LogP contribution in [-0.2, 0) is 0 Å². The Labute approximate surface area is 140 Å². The van der Waals surface area contributed by atoms with Crippen molar-refractivity contribution in [3.63, 3.8) is 0 Å². The zero-order chi connectivity index (χ0) is 16.4. The third-order valence-electron chi connectivity index (χ3n) is 5.14. The van der Waals surface area contributed by atoms with Crippen molar-refractivity contribution < 1.29 is 9.59 Å². The predicted octanol–water partition coefficient (Wildman–Crippen LogP) is 1.60. The van der Waals surface area contributed by atoms with E-state index in [9.17, 15) is 9.59 Å². The number of hydrogen-bond donors (Lipinski definition) is 0. The molecule has 0 saturated carbocycles. The minimum atomic E-state index is -0.0431. The molecular formula is C21H13BO2. The van der Waals surface area contributed by atoms with Gasteiger partial charge in [-0.1, -0.05) is 59.5 Å². The highest BCUT2D eigenvalue weighted by molar-refractivity contribution is 7.00. The van der Waals surface area contributed by atoms with E-state index in [-0.39, 0.29) is 18.3 Å². The molecule has 0 bridgehead atoms. The molecule has 0 saturated heterocycles. The van der Waals surface area contributed by atoms with Crippen molar-refractivity contribution in [1.82, 2.24) is 0 Å². The summed E-state index contributed by atoms with van der Waals surface area (Å²) in [5.74, 6) is 0.0444. The average Bonchev–Trinajstić information content (AvgIpc) is 2.61. The molecule has 0 amide bonds. The number of hydrogen-bond acceptors (Lipinski definition) is 2. The Bertz CT molecular complexity index is 984. The topological polar surface area (TPSA) is 34.1 Å². The first-order chi connectivity index (χ1) is 11.7. The Hall–Kier alpha value is -2.94. The molecule has 3 aromatic rings. The second kappa shape index (κ2) is 4.54. The summed E-state index contributed by atoms with van der Waals surface area (Å²) in [5, 5.41) is 0. The maximum Gasteiger partial charge on any atom is 0.245 e. The van der Waals surface area contributed by atoms with E-state index in [1.165, 1.54) is 0 Å². The zero-order valence-corrected chi connectivity index (χ0v) is 13.2. The Morgan fingerprint density at radius 2 is 1.12 bits per heavy atom. The first-order valence-corrected chi connectivity index (χ1v) is 8.08. The van der Waals surface area contributed by atoms with E-state index < -0.39 is 0 Å². The van der Waals surface area contributed by atoms with E-state index in [0.717, 1.165) is 33.1 Å². The summed E-state index contributed by atoms with van der Waals surface area (Å²) >= 11 is 0. The number of ketones is 2. The number of aryl methyl sites for hydroxylation is 1. The van der Waals surface area contributed by atoms with Crippen LogP contribution in [0.15, 0.2) is 60.7 Å². The largest absolute Gasteiger partial charge is 0.289 e. The quantitative estimate of drug-likeness (QED) is 0.407. The van der Waals surface area contributed by atoms with E-state index in [1.54, 1.807) is 0 Å². The van der Waals surface area contributed by atoms with Crippen LogP contribution in [0.2, 0.25) is 0 Å². The van der Waals surface area contributed by atoms with Crippen LogP contribution >= 0.6 is 0 Å². The molecule has 0 fully saturated rings. The molecule has 2 aliphatic rings. The fourth-order valence-corrected chi connectivity index (χ4v) is 4.16. The molecule has 0 atom stereocenters. The van der Waals surface area contributed by atoms with Gasteiger partial charge in [-0.05, 0) is 30.1 Å². The Balaban J connectivity index is 1.96. The van der Waals surface area contributed by atoms with E-state index in [0.29, 0.717) is 11.1 Å². The maximum absolute atomic E-state index is 13.0. The van der Waals surface area contributed by atoms with Crippen LogP contribution in [0.3, 0.4) is 0 Å². The Morgan fingerprint density at radius 3 is 1.62 bits per heavy atom. The van der Waals surface area contributed by atoms with Gasteiger partial charge >= 0.3 is 0 Å². The standard InChI is InChI=1S/C21H13BO2/c1-12-10-15-19-16(11-12)21(24)14-7-3-5-9-18(14)22(19)17-8-4-2-6-13(17)20(15)23/h2-11H,1H3. The maximum atomic E-state index is 13.0. The molecule has 112 valence electrons. The van der Waals surface area contributed by atoms with E-state index in [1.807, 2.05) is 67.6 Å². The van der Waals surface area contributed by atoms with Crippen molar-refractivity contribution in [3.8, 4) is 0 Å². The molecule has 24 heavy (non-hydrogen) atoms. The number of benzene rings is 3. The number of carbonyl (C=O) groups excluding carboxylic acids is 2. The lowest BCUT2D eigenvalue weighted by Crippen LogP contribution is -2.63. The molecule has 2 nitrogen and oxygen atoms in total. The fourth-order valence-electron chi connectivity index (χ4n) is 4.16. The molecule has 3 heteroatoms. The summed E-state index contributed by atoms with van der Waals surface area (Å²) in [6, 6.07) is 19.4. The van der Waals surface area contributed by atoms with Crippen molar-refractivity contribution in [2.45, 2.75) is 6.92 Å². The van der Waals surface area contributed by atoms with Crippen molar-refractivity contribution in [2.24, 2.45) is 0 Å². The molecule has 0 unspecified atom stereocenters. The summed E-state index contributed by atoms with van der Waals surface area (Å²) in [4.78, 5) is 26.0. The van der Waals surface area contributed by atoms with Crippen LogP contribution in [0.5, 0.6) is 0 Å². The van der Waals surface area contributed by atoms with Gasteiger partial charge in [-0.3, -0.25) is 9.59 Å². The molecule has 2 heterocycles. The minimum absolute atomic E-state index is 0.0222. The molecule has 0 N–H and O–H groups in total. The van der Waals surface area contributed by atoms with Crippen LogP contribution in [-0.4, -0.2) is 18.3 Å². The second-order valence-corrected chi connectivity index (χ2v) is 6.54. The lowest BCUT2D eigenvalue weighted by Gasteiger charge is -2.32. The van der Waals surface area contributed by atoms with Crippen LogP contribution in [0.1, 0.15) is 37.4 Å². The van der Waals surface area contributed by atoms with Crippen LogP contribution in [0.4, 0.5) is 0 Å². The highest BCUT2D eigenvalue weighted by atomic mass is 16.1. The number of carbonyl (C=O) groups is 2. The fraction of sp³-hybridized carbons (Fsp3) is 0.0476. The van der Waals surface area contributed by atoms with E-state index in [2.05, 4.69) is 0 Å². The SMILES string of the molecule is Cc1cc2c3c(c1)C(=O)c1ccccc1B3c1ccccc1C2=O. The van der Waals surface area contributed by atoms with Crippen molar-refractivity contribution in [1.29, 1.82) is 0 Å². The molecule has 0 spiro atoms. The summed E-state index contributed by atoms with van der Waals surface area (Å²) in [6.45, 7) is 1.89. The van der Waals surface area contributed by atoms with E-state index in [4.69, 9.17) is 0 Å². The van der Waals surface area contributed by atoms with Gasteiger partial charge < -0.3 is 0 Å². The van der Waals surface area contributed by atoms with Crippen LogP contribution < -0.4 is 16.4 Å². The summed E-state index contributed by atoms with van der Waals surface area (Å²) < 4.78 is 0. The predicted molar refractivity (Wildman–Crippen MR) is 95.6 cm³/mol. The Morgan fingerprint density at radius 1 is 0.667 bits per heavy atom. The van der Waals surface area contributed by atoms with Crippen molar-refractivity contribution >= 4 is 34.7 Å². The lowest BCUT2D eigenvalue weighted by molar-refractivity contribution is 0.103. The van der Waals surface area contributed by atoms with Gasteiger partial charge in [-0.2, -0.15) is 0 Å². The van der Waals surface area contributed by atoms with Gasteiger partial charge in [0, 0.05) is 22.3 Å². The van der Waals surface area contributed by atoms with Gasteiger partial charge in [0.15, 0.2) is 11.6 Å². The summed E-state index contributed by atoms with van der Waals surface area (Å²) in [6.07, 6.45) is 0. The molecule has 0 radical (unpaired) electrons. The highest BCUT2D eigenvalue weighted by Gasteiger charge is 2.42. The van der Waals surface area contributed by atoms with Crippen molar-refractivity contribution in [2.75, 3.05) is 0 Å². The third-order valence-corrected chi connectivity index (χ3v) is 5.14. The molecule has 3 aromatic carbocycles. The molecular weight excluding hydrogens is 295 g/mol. The first kappa shape index (κ1) is 13.5. The summed E-state index contributed by atoms with van der Waals surface area (Å²) in [5.41, 5.74) is 6.68. The van der Waals surface area contributed by atoms with Crippen molar-refractivity contribution in [3.05, 3.63) is 88.5 Å².